The van der Waals surface area contributed by atoms with Crippen molar-refractivity contribution in [3.8, 4) is 11.5 Å². The molecular weight excluding hydrogens is 377 g/mol. The fraction of sp³-hybridized carbons (Fsp3) is 0.100. The Balaban J connectivity index is 1.44. The molecule has 0 bridgehead atoms. The molecule has 0 aliphatic carbocycles. The normalized spacial score (nSPS) is 11.5. The minimum absolute atomic E-state index is 0.305. The van der Waals surface area contributed by atoms with E-state index in [0.717, 1.165) is 27.3 Å². The van der Waals surface area contributed by atoms with Crippen molar-refractivity contribution in [2.24, 2.45) is 0 Å². The van der Waals surface area contributed by atoms with Crippen molar-refractivity contribution in [1.29, 1.82) is 0 Å². The number of pyridine rings is 1. The minimum Gasteiger partial charge on any atom is -0.334 e. The third-order valence-corrected chi connectivity index (χ3v) is 5.39. The molecule has 0 unspecified atom stereocenters. The van der Waals surface area contributed by atoms with Gasteiger partial charge in [0.1, 0.15) is 5.82 Å². The first-order chi connectivity index (χ1) is 13.7. The van der Waals surface area contributed by atoms with Crippen LogP contribution < -0.4 is 0 Å². The van der Waals surface area contributed by atoms with Crippen molar-refractivity contribution in [3.63, 3.8) is 0 Å². The fourth-order valence-corrected chi connectivity index (χ4v) is 3.91. The van der Waals surface area contributed by atoms with Gasteiger partial charge in [-0.05, 0) is 48.9 Å². The number of fused-ring (bicyclic) bond motifs is 3. The highest BCUT2D eigenvalue weighted by Gasteiger charge is 2.14. The Hall–Kier alpha value is -3.26. The maximum atomic E-state index is 13.1. The second-order valence-corrected chi connectivity index (χ2v) is 7.27. The van der Waals surface area contributed by atoms with Gasteiger partial charge in [-0.3, -0.25) is 4.40 Å². The highest BCUT2D eigenvalue weighted by molar-refractivity contribution is 7.98. The zero-order valence-electron chi connectivity index (χ0n) is 14.8. The van der Waals surface area contributed by atoms with Crippen molar-refractivity contribution in [2.75, 3.05) is 0 Å². The van der Waals surface area contributed by atoms with Gasteiger partial charge in [-0.1, -0.05) is 35.1 Å². The molecule has 3 heterocycles. The number of halogens is 1. The Morgan fingerprint density at radius 3 is 2.75 bits per heavy atom. The summed E-state index contributed by atoms with van der Waals surface area (Å²) < 4.78 is 20.4. The van der Waals surface area contributed by atoms with E-state index in [4.69, 9.17) is 4.52 Å². The summed E-state index contributed by atoms with van der Waals surface area (Å²) in [7, 11) is 0. The monoisotopic (exact) mass is 391 g/mol. The van der Waals surface area contributed by atoms with E-state index in [9.17, 15) is 4.39 Å². The molecule has 5 rings (SSSR count). The van der Waals surface area contributed by atoms with Crippen molar-refractivity contribution >= 4 is 28.3 Å². The number of hydrogen-bond acceptors (Lipinski definition) is 6. The smallest absolute Gasteiger partial charge is 0.257 e. The molecule has 3 aromatic heterocycles. The van der Waals surface area contributed by atoms with Crippen LogP contribution in [0.3, 0.4) is 0 Å². The van der Waals surface area contributed by atoms with Gasteiger partial charge < -0.3 is 4.52 Å². The third-order valence-electron chi connectivity index (χ3n) is 4.46. The van der Waals surface area contributed by atoms with E-state index in [0.29, 0.717) is 23.0 Å². The number of para-hydroxylation sites is 1. The zero-order valence-corrected chi connectivity index (χ0v) is 15.7. The molecule has 0 aliphatic heterocycles. The third kappa shape index (κ3) is 2.91. The standard InChI is InChI=1S/C20H14FN5OS/c1-12-10-18-23-24-20(26(18)16-5-3-2-4-15(12)16)28-11-17-22-19(27-25-17)13-6-8-14(21)9-7-13/h2-10H,11H2,1H3. The highest BCUT2D eigenvalue weighted by Crippen LogP contribution is 2.27. The fourth-order valence-electron chi connectivity index (χ4n) is 3.12. The minimum atomic E-state index is -0.305. The average Bonchev–Trinajstić information content (AvgIpc) is 3.34. The predicted molar refractivity (Wildman–Crippen MR) is 104 cm³/mol. The molecule has 0 saturated carbocycles. The molecule has 5 aromatic rings. The van der Waals surface area contributed by atoms with Gasteiger partial charge in [-0.2, -0.15) is 4.98 Å². The van der Waals surface area contributed by atoms with E-state index < -0.39 is 0 Å². The molecule has 0 atom stereocenters. The van der Waals surface area contributed by atoms with E-state index >= 15 is 0 Å². The van der Waals surface area contributed by atoms with E-state index in [1.165, 1.54) is 23.9 Å². The molecule has 8 heteroatoms. The van der Waals surface area contributed by atoms with Crippen molar-refractivity contribution in [2.45, 2.75) is 17.8 Å². The molecule has 0 aliphatic rings. The number of aryl methyl sites for hydroxylation is 1. The average molecular weight is 391 g/mol. The second kappa shape index (κ2) is 6.72. The van der Waals surface area contributed by atoms with Crippen LogP contribution in [0, 0.1) is 12.7 Å². The molecule has 2 aromatic carbocycles. The SMILES string of the molecule is Cc1cc2nnc(SCc3noc(-c4ccc(F)cc4)n3)n2c2ccccc12. The van der Waals surface area contributed by atoms with Crippen LogP contribution in [0.1, 0.15) is 11.4 Å². The van der Waals surface area contributed by atoms with Crippen molar-refractivity contribution in [1.82, 2.24) is 24.7 Å². The summed E-state index contributed by atoms with van der Waals surface area (Å²) in [5.41, 5.74) is 3.71. The highest BCUT2D eigenvalue weighted by atomic mass is 32.2. The number of benzene rings is 2. The first-order valence-corrected chi connectivity index (χ1v) is 9.62. The first kappa shape index (κ1) is 16.9. The molecule has 0 fully saturated rings. The molecular formula is C20H14FN5OS. The number of nitrogens with zero attached hydrogens (tertiary/aromatic N) is 5. The maximum Gasteiger partial charge on any atom is 0.257 e. The summed E-state index contributed by atoms with van der Waals surface area (Å²) in [5, 5.41) is 14.6. The van der Waals surface area contributed by atoms with E-state index in [1.54, 1.807) is 12.1 Å². The van der Waals surface area contributed by atoms with Gasteiger partial charge in [0.15, 0.2) is 16.6 Å². The molecule has 28 heavy (non-hydrogen) atoms. The summed E-state index contributed by atoms with van der Waals surface area (Å²) in [6.45, 7) is 2.07. The lowest BCUT2D eigenvalue weighted by molar-refractivity contribution is 0.425. The topological polar surface area (TPSA) is 69.1 Å². The zero-order chi connectivity index (χ0) is 19.1. The van der Waals surface area contributed by atoms with E-state index in [1.807, 2.05) is 22.6 Å². The summed E-state index contributed by atoms with van der Waals surface area (Å²) in [6.07, 6.45) is 0. The van der Waals surface area contributed by atoms with Crippen LogP contribution in [-0.4, -0.2) is 24.7 Å². The largest absolute Gasteiger partial charge is 0.334 e. The van der Waals surface area contributed by atoms with Crippen LogP contribution in [0.15, 0.2) is 64.3 Å². The van der Waals surface area contributed by atoms with Crippen LogP contribution in [0.4, 0.5) is 4.39 Å². The van der Waals surface area contributed by atoms with Crippen LogP contribution >= 0.6 is 11.8 Å². The number of aromatic nitrogens is 5. The van der Waals surface area contributed by atoms with Gasteiger partial charge in [0, 0.05) is 10.9 Å². The molecule has 0 spiro atoms. The lowest BCUT2D eigenvalue weighted by Crippen LogP contribution is -1.93. The van der Waals surface area contributed by atoms with Crippen molar-refractivity contribution < 1.29 is 8.91 Å². The predicted octanol–water partition coefficient (Wildman–Crippen LogP) is 4.67. The molecule has 0 radical (unpaired) electrons. The summed E-state index contributed by atoms with van der Waals surface area (Å²) >= 11 is 1.49. The summed E-state index contributed by atoms with van der Waals surface area (Å²) in [5.74, 6) is 1.08. The molecule has 138 valence electrons. The van der Waals surface area contributed by atoms with Gasteiger partial charge in [0.25, 0.3) is 5.89 Å². The van der Waals surface area contributed by atoms with Crippen LogP contribution in [0.25, 0.3) is 28.0 Å². The van der Waals surface area contributed by atoms with Crippen LogP contribution in [0.5, 0.6) is 0 Å². The lowest BCUT2D eigenvalue weighted by Gasteiger charge is -2.06. The van der Waals surface area contributed by atoms with E-state index in [-0.39, 0.29) is 5.82 Å². The van der Waals surface area contributed by atoms with Crippen LogP contribution in [0.2, 0.25) is 0 Å². The lowest BCUT2D eigenvalue weighted by atomic mass is 10.1. The number of thioether (sulfide) groups is 1. The quantitative estimate of drug-likeness (QED) is 0.415. The van der Waals surface area contributed by atoms with Gasteiger partial charge in [-0.25, -0.2) is 4.39 Å². The van der Waals surface area contributed by atoms with Gasteiger partial charge >= 0.3 is 0 Å². The Morgan fingerprint density at radius 1 is 1.07 bits per heavy atom. The summed E-state index contributed by atoms with van der Waals surface area (Å²) in [4.78, 5) is 4.39. The number of hydrogen-bond donors (Lipinski definition) is 0. The van der Waals surface area contributed by atoms with Gasteiger partial charge in [-0.15, -0.1) is 10.2 Å². The second-order valence-electron chi connectivity index (χ2n) is 6.33. The Morgan fingerprint density at radius 2 is 1.89 bits per heavy atom. The van der Waals surface area contributed by atoms with Crippen LogP contribution in [-0.2, 0) is 5.75 Å². The summed E-state index contributed by atoms with van der Waals surface area (Å²) in [6, 6.07) is 16.2. The first-order valence-electron chi connectivity index (χ1n) is 8.64. The molecule has 0 saturated heterocycles. The van der Waals surface area contributed by atoms with Crippen molar-refractivity contribution in [3.05, 3.63) is 71.8 Å². The number of rotatable bonds is 4. The molecule has 6 nitrogen and oxygen atoms in total. The van der Waals surface area contributed by atoms with Gasteiger partial charge in [0.05, 0.1) is 11.3 Å². The Bertz CT molecular complexity index is 1300. The molecule has 0 amide bonds. The molecule has 0 N–H and O–H groups in total. The maximum absolute atomic E-state index is 13.1. The Kier molecular flexibility index (Phi) is 4.05. The van der Waals surface area contributed by atoms with Gasteiger partial charge in [0.2, 0.25) is 0 Å². The van der Waals surface area contributed by atoms with E-state index in [2.05, 4.69) is 39.4 Å². The Labute approximate surface area is 163 Å².